The van der Waals surface area contributed by atoms with Gasteiger partial charge in [-0.15, -0.1) is 0 Å². The quantitative estimate of drug-likeness (QED) is 0.873. The van der Waals surface area contributed by atoms with Crippen molar-refractivity contribution in [2.75, 3.05) is 13.7 Å². The lowest BCUT2D eigenvalue weighted by Gasteiger charge is -2.22. The third-order valence-electron chi connectivity index (χ3n) is 3.12. The van der Waals surface area contributed by atoms with E-state index >= 15 is 0 Å². The van der Waals surface area contributed by atoms with Crippen molar-refractivity contribution in [2.45, 2.75) is 19.5 Å². The van der Waals surface area contributed by atoms with Gasteiger partial charge < -0.3 is 5.11 Å². The Labute approximate surface area is 102 Å². The minimum absolute atomic E-state index is 0.180. The van der Waals surface area contributed by atoms with Crippen LogP contribution in [0.2, 0.25) is 0 Å². The molecule has 0 bridgehead atoms. The van der Waals surface area contributed by atoms with Gasteiger partial charge in [-0.25, -0.2) is 0 Å². The summed E-state index contributed by atoms with van der Waals surface area (Å²) in [7, 11) is 2.02. The lowest BCUT2D eigenvalue weighted by atomic mass is 10.1. The van der Waals surface area contributed by atoms with Gasteiger partial charge in [0.15, 0.2) is 0 Å². The van der Waals surface area contributed by atoms with E-state index in [0.29, 0.717) is 0 Å². The molecule has 1 heterocycles. The second-order valence-electron chi connectivity index (χ2n) is 4.48. The first-order valence-corrected chi connectivity index (χ1v) is 5.85. The van der Waals surface area contributed by atoms with Gasteiger partial charge in [0.2, 0.25) is 0 Å². The minimum atomic E-state index is 0.180. The van der Waals surface area contributed by atoms with Crippen LogP contribution in [-0.2, 0) is 6.54 Å². The molecule has 1 N–H and O–H groups in total. The average Bonchev–Trinajstić information content (AvgIpc) is 2.37. The zero-order valence-electron chi connectivity index (χ0n) is 10.3. The number of aliphatic hydroxyl groups is 1. The molecule has 1 atom stereocenters. The molecule has 0 spiro atoms. The summed E-state index contributed by atoms with van der Waals surface area (Å²) < 4.78 is 0. The second-order valence-corrected chi connectivity index (χ2v) is 4.48. The van der Waals surface area contributed by atoms with Crippen molar-refractivity contribution in [3.05, 3.63) is 42.1 Å². The summed E-state index contributed by atoms with van der Waals surface area (Å²) in [6, 6.07) is 10.5. The van der Waals surface area contributed by atoms with Crippen LogP contribution in [0.25, 0.3) is 10.9 Å². The fourth-order valence-electron chi connectivity index (χ4n) is 1.81. The van der Waals surface area contributed by atoms with E-state index in [1.807, 2.05) is 32.3 Å². The summed E-state index contributed by atoms with van der Waals surface area (Å²) in [6.45, 7) is 3.04. The predicted octanol–water partition coefficient (Wildman–Crippen LogP) is 2.05. The summed E-state index contributed by atoms with van der Waals surface area (Å²) in [5, 5.41) is 10.3. The number of fused-ring (bicyclic) bond motifs is 1. The fraction of sp³-hybridized carbons (Fsp3) is 0.357. The molecular formula is C14H18N2O. The Kier molecular flexibility index (Phi) is 3.71. The number of nitrogens with zero attached hydrogens (tertiary/aromatic N) is 2. The lowest BCUT2D eigenvalue weighted by Crippen LogP contribution is -2.31. The highest BCUT2D eigenvalue weighted by Gasteiger charge is 2.08. The number of aromatic nitrogens is 1. The summed E-state index contributed by atoms with van der Waals surface area (Å²) in [5.41, 5.74) is 2.27. The van der Waals surface area contributed by atoms with Crippen molar-refractivity contribution in [1.29, 1.82) is 0 Å². The number of pyridine rings is 1. The number of benzene rings is 1. The average molecular weight is 230 g/mol. The van der Waals surface area contributed by atoms with Crippen LogP contribution in [0.15, 0.2) is 36.5 Å². The smallest absolute Gasteiger partial charge is 0.0702 e. The Hall–Kier alpha value is -1.45. The number of likely N-dealkylation sites (N-methyl/N-ethyl adjacent to an activating group) is 1. The second kappa shape index (κ2) is 5.25. The van der Waals surface area contributed by atoms with Gasteiger partial charge in [-0.1, -0.05) is 12.1 Å². The van der Waals surface area contributed by atoms with E-state index in [4.69, 9.17) is 5.11 Å². The summed E-state index contributed by atoms with van der Waals surface area (Å²) >= 11 is 0. The molecule has 17 heavy (non-hydrogen) atoms. The largest absolute Gasteiger partial charge is 0.395 e. The number of rotatable bonds is 4. The first-order valence-electron chi connectivity index (χ1n) is 5.85. The van der Waals surface area contributed by atoms with Crippen molar-refractivity contribution >= 4 is 10.9 Å². The number of hydrogen-bond donors (Lipinski definition) is 1. The molecule has 3 heteroatoms. The molecule has 0 fully saturated rings. The summed E-state index contributed by atoms with van der Waals surface area (Å²) in [4.78, 5) is 6.44. The van der Waals surface area contributed by atoms with E-state index in [1.54, 1.807) is 0 Å². The van der Waals surface area contributed by atoms with E-state index in [2.05, 4.69) is 28.1 Å². The van der Waals surface area contributed by atoms with E-state index in [9.17, 15) is 0 Å². The van der Waals surface area contributed by atoms with Gasteiger partial charge >= 0.3 is 0 Å². The highest BCUT2D eigenvalue weighted by molar-refractivity contribution is 5.78. The van der Waals surface area contributed by atoms with Gasteiger partial charge in [0.25, 0.3) is 0 Å². The van der Waals surface area contributed by atoms with Crippen molar-refractivity contribution in [1.82, 2.24) is 9.88 Å². The summed E-state index contributed by atoms with van der Waals surface area (Å²) in [5.74, 6) is 0. The van der Waals surface area contributed by atoms with Crippen LogP contribution in [0.5, 0.6) is 0 Å². The molecule has 1 aromatic carbocycles. The van der Waals surface area contributed by atoms with Crippen LogP contribution in [0.1, 0.15) is 12.5 Å². The third-order valence-corrected chi connectivity index (χ3v) is 3.12. The molecule has 90 valence electrons. The predicted molar refractivity (Wildman–Crippen MR) is 69.8 cm³/mol. The molecule has 1 aromatic heterocycles. The third kappa shape index (κ3) is 2.81. The molecular weight excluding hydrogens is 212 g/mol. The van der Waals surface area contributed by atoms with Crippen LogP contribution in [0.3, 0.4) is 0 Å². The van der Waals surface area contributed by atoms with Gasteiger partial charge in [-0.2, -0.15) is 0 Å². The maximum Gasteiger partial charge on any atom is 0.0702 e. The summed E-state index contributed by atoms with van der Waals surface area (Å²) in [6.07, 6.45) is 1.81. The van der Waals surface area contributed by atoms with Gasteiger partial charge in [-0.3, -0.25) is 9.88 Å². The zero-order valence-corrected chi connectivity index (χ0v) is 10.3. The van der Waals surface area contributed by atoms with Gasteiger partial charge in [0, 0.05) is 24.2 Å². The standard InChI is InChI=1S/C14H18N2O/c1-11(10-17)16(2)9-12-5-6-14-13(8-12)4-3-7-15-14/h3-8,11,17H,9-10H2,1-2H3. The van der Waals surface area contributed by atoms with Crippen LogP contribution >= 0.6 is 0 Å². The van der Waals surface area contributed by atoms with Crippen molar-refractivity contribution in [3.8, 4) is 0 Å². The SMILES string of the molecule is CC(CO)N(C)Cc1ccc2ncccc2c1. The molecule has 0 aliphatic rings. The van der Waals surface area contributed by atoms with Gasteiger partial charge in [0.05, 0.1) is 12.1 Å². The maximum atomic E-state index is 9.10. The van der Waals surface area contributed by atoms with Gasteiger partial charge in [-0.05, 0) is 37.7 Å². The highest BCUT2D eigenvalue weighted by atomic mass is 16.3. The van der Waals surface area contributed by atoms with Crippen LogP contribution in [0.4, 0.5) is 0 Å². The van der Waals surface area contributed by atoms with Crippen molar-refractivity contribution < 1.29 is 5.11 Å². The fourth-order valence-corrected chi connectivity index (χ4v) is 1.81. The number of aliphatic hydroxyl groups excluding tert-OH is 1. The van der Waals surface area contributed by atoms with Gasteiger partial charge in [0.1, 0.15) is 0 Å². The van der Waals surface area contributed by atoms with E-state index in [-0.39, 0.29) is 12.6 Å². The molecule has 0 saturated carbocycles. The Balaban J connectivity index is 2.19. The Bertz CT molecular complexity index is 498. The maximum absolute atomic E-state index is 9.10. The molecule has 1 unspecified atom stereocenters. The Morgan fingerprint density at radius 2 is 2.18 bits per heavy atom. The molecule has 0 saturated heterocycles. The van der Waals surface area contributed by atoms with Crippen LogP contribution in [0, 0.1) is 0 Å². The molecule has 2 rings (SSSR count). The molecule has 3 nitrogen and oxygen atoms in total. The van der Waals surface area contributed by atoms with E-state index < -0.39 is 0 Å². The van der Waals surface area contributed by atoms with Crippen molar-refractivity contribution in [3.63, 3.8) is 0 Å². The molecule has 2 aromatic rings. The topological polar surface area (TPSA) is 36.4 Å². The van der Waals surface area contributed by atoms with E-state index in [0.717, 1.165) is 17.4 Å². The number of hydrogen-bond acceptors (Lipinski definition) is 3. The Morgan fingerprint density at radius 3 is 2.94 bits per heavy atom. The molecule has 0 aliphatic heterocycles. The monoisotopic (exact) mass is 230 g/mol. The highest BCUT2D eigenvalue weighted by Crippen LogP contribution is 2.15. The van der Waals surface area contributed by atoms with Crippen LogP contribution < -0.4 is 0 Å². The van der Waals surface area contributed by atoms with Crippen LogP contribution in [-0.4, -0.2) is 34.7 Å². The minimum Gasteiger partial charge on any atom is -0.395 e. The first-order chi connectivity index (χ1) is 8.20. The van der Waals surface area contributed by atoms with Crippen molar-refractivity contribution in [2.24, 2.45) is 0 Å². The zero-order chi connectivity index (χ0) is 12.3. The first kappa shape index (κ1) is 12.0. The molecule has 0 aliphatic carbocycles. The van der Waals surface area contributed by atoms with E-state index in [1.165, 1.54) is 5.56 Å². The Morgan fingerprint density at radius 1 is 1.35 bits per heavy atom. The lowest BCUT2D eigenvalue weighted by molar-refractivity contribution is 0.154. The molecule has 0 amide bonds. The normalized spacial score (nSPS) is 13.2. The molecule has 0 radical (unpaired) electrons.